The molecule has 7 heteroatoms. The van der Waals surface area contributed by atoms with E-state index >= 15 is 0 Å². The van der Waals surface area contributed by atoms with Crippen LogP contribution in [0.3, 0.4) is 0 Å². The van der Waals surface area contributed by atoms with E-state index in [9.17, 15) is 19.5 Å². The third kappa shape index (κ3) is 8.50. The van der Waals surface area contributed by atoms with Gasteiger partial charge >= 0.3 is 5.97 Å². The van der Waals surface area contributed by atoms with Crippen LogP contribution in [0.15, 0.2) is 55.6 Å². The third-order valence-corrected chi connectivity index (χ3v) is 5.85. The van der Waals surface area contributed by atoms with Crippen molar-refractivity contribution in [2.24, 2.45) is 5.92 Å². The summed E-state index contributed by atoms with van der Waals surface area (Å²) >= 11 is 0. The fourth-order valence-electron chi connectivity index (χ4n) is 4.01. The summed E-state index contributed by atoms with van der Waals surface area (Å²) in [5.74, 6) is -1.33. The maximum atomic E-state index is 12.9. The molecule has 0 saturated carbocycles. The van der Waals surface area contributed by atoms with Gasteiger partial charge in [0.15, 0.2) is 0 Å². The van der Waals surface area contributed by atoms with Gasteiger partial charge < -0.3 is 20.1 Å². The summed E-state index contributed by atoms with van der Waals surface area (Å²) in [7, 11) is 0. The first-order chi connectivity index (χ1) is 16.0. The number of likely N-dealkylation sites (tertiary alicyclic amines) is 1. The van der Waals surface area contributed by atoms with Crippen molar-refractivity contribution in [1.82, 2.24) is 10.2 Å². The number of nitrogens with zero attached hydrogens (tertiary/aromatic N) is 1. The van der Waals surface area contributed by atoms with Crippen LogP contribution in [0.25, 0.3) is 0 Å². The lowest BCUT2D eigenvalue weighted by molar-refractivity contribution is -0.150. The number of hydrogen-bond donors (Lipinski definition) is 2. The molecular weight excluding hydrogens is 420 g/mol. The van der Waals surface area contributed by atoms with Gasteiger partial charge in [0.1, 0.15) is 6.10 Å². The number of amides is 2. The molecule has 33 heavy (non-hydrogen) atoms. The van der Waals surface area contributed by atoms with Crippen molar-refractivity contribution in [2.75, 3.05) is 19.7 Å². The smallest absolute Gasteiger partial charge is 0.306 e. The molecule has 1 aromatic rings. The van der Waals surface area contributed by atoms with Crippen molar-refractivity contribution in [3.05, 3.63) is 61.2 Å². The Bertz CT molecular complexity index is 795. The SMILES string of the molecule is C=CCCCC(=O)OC(CNC(=O)C(CC=C)CC(=O)N1CCCC1CO)c1ccccc1. The van der Waals surface area contributed by atoms with Gasteiger partial charge in [-0.2, -0.15) is 0 Å². The number of carbonyl (C=O) groups excluding carboxylic acids is 3. The van der Waals surface area contributed by atoms with Crippen molar-refractivity contribution < 1.29 is 24.2 Å². The number of benzene rings is 1. The van der Waals surface area contributed by atoms with Crippen LogP contribution in [0.4, 0.5) is 0 Å². The Hall–Kier alpha value is -2.93. The normalized spacial score (nSPS) is 17.1. The van der Waals surface area contributed by atoms with Crippen LogP contribution in [0.1, 0.15) is 56.6 Å². The maximum Gasteiger partial charge on any atom is 0.306 e. The van der Waals surface area contributed by atoms with Crippen LogP contribution < -0.4 is 5.32 Å². The van der Waals surface area contributed by atoms with Crippen LogP contribution in [0, 0.1) is 5.92 Å². The molecule has 0 radical (unpaired) electrons. The molecule has 1 fully saturated rings. The molecule has 1 aliphatic heterocycles. The Kier molecular flexibility index (Phi) is 11.4. The molecule has 7 nitrogen and oxygen atoms in total. The van der Waals surface area contributed by atoms with Crippen LogP contribution in [-0.4, -0.2) is 53.5 Å². The van der Waals surface area contributed by atoms with Gasteiger partial charge in [0.25, 0.3) is 0 Å². The van der Waals surface area contributed by atoms with Gasteiger partial charge in [-0.05, 0) is 37.7 Å². The summed E-state index contributed by atoms with van der Waals surface area (Å²) < 4.78 is 5.65. The lowest BCUT2D eigenvalue weighted by Gasteiger charge is -2.25. The van der Waals surface area contributed by atoms with Gasteiger partial charge in [0.05, 0.1) is 25.1 Å². The molecule has 0 aliphatic carbocycles. The van der Waals surface area contributed by atoms with Crippen molar-refractivity contribution in [3.63, 3.8) is 0 Å². The molecule has 0 spiro atoms. The minimum absolute atomic E-state index is 0.0473. The van der Waals surface area contributed by atoms with Gasteiger partial charge in [0.2, 0.25) is 11.8 Å². The second-order valence-electron chi connectivity index (χ2n) is 8.31. The lowest BCUT2D eigenvalue weighted by Crippen LogP contribution is -2.41. The number of unbranched alkanes of at least 4 members (excludes halogenated alkanes) is 1. The molecular formula is C26H36N2O5. The first kappa shape index (κ1) is 26.3. The number of ether oxygens (including phenoxy) is 1. The standard InChI is InChI=1S/C26H36N2O5/c1-3-5-7-15-25(31)33-23(20-12-8-6-9-13-20)18-27-26(32)21(11-4-2)17-24(30)28-16-10-14-22(28)19-29/h3-4,6,8-9,12-13,21-23,29H,1-2,5,7,10-11,14-19H2,(H,27,32). The van der Waals surface area contributed by atoms with E-state index in [-0.39, 0.29) is 49.8 Å². The number of esters is 1. The fraction of sp³-hybridized carbons (Fsp3) is 0.500. The largest absolute Gasteiger partial charge is 0.456 e. The Morgan fingerprint density at radius 3 is 2.64 bits per heavy atom. The van der Waals surface area contributed by atoms with Crippen molar-refractivity contribution in [2.45, 2.75) is 57.1 Å². The topological polar surface area (TPSA) is 95.9 Å². The molecule has 1 saturated heterocycles. The number of allylic oxidation sites excluding steroid dienone is 2. The highest BCUT2D eigenvalue weighted by Crippen LogP contribution is 2.22. The molecule has 1 aromatic carbocycles. The molecule has 3 unspecified atom stereocenters. The summed E-state index contributed by atoms with van der Waals surface area (Å²) in [4.78, 5) is 39.6. The fourth-order valence-corrected chi connectivity index (χ4v) is 4.01. The van der Waals surface area contributed by atoms with Crippen LogP contribution in [0.2, 0.25) is 0 Å². The minimum atomic E-state index is -0.621. The third-order valence-electron chi connectivity index (χ3n) is 5.85. The Morgan fingerprint density at radius 1 is 1.21 bits per heavy atom. The molecule has 2 N–H and O–H groups in total. The lowest BCUT2D eigenvalue weighted by atomic mass is 9.99. The highest BCUT2D eigenvalue weighted by Gasteiger charge is 2.31. The zero-order chi connectivity index (χ0) is 24.1. The van der Waals surface area contributed by atoms with Gasteiger partial charge in [-0.3, -0.25) is 14.4 Å². The number of aliphatic hydroxyl groups excluding tert-OH is 1. The molecule has 2 amide bonds. The van der Waals surface area contributed by atoms with Gasteiger partial charge in [-0.25, -0.2) is 0 Å². The van der Waals surface area contributed by atoms with Gasteiger partial charge in [-0.15, -0.1) is 13.2 Å². The molecule has 0 aromatic heterocycles. The second kappa shape index (κ2) is 14.3. The Labute approximate surface area is 196 Å². The number of aliphatic hydroxyl groups is 1. The zero-order valence-corrected chi connectivity index (χ0v) is 19.3. The van der Waals surface area contributed by atoms with Crippen molar-refractivity contribution in [1.29, 1.82) is 0 Å². The first-order valence-electron chi connectivity index (χ1n) is 11.6. The van der Waals surface area contributed by atoms with Crippen LogP contribution in [0.5, 0.6) is 0 Å². The van der Waals surface area contributed by atoms with E-state index in [4.69, 9.17) is 4.74 Å². The number of carbonyl (C=O) groups is 3. The zero-order valence-electron chi connectivity index (χ0n) is 19.3. The molecule has 1 aliphatic rings. The van der Waals surface area contributed by atoms with Crippen molar-refractivity contribution in [3.8, 4) is 0 Å². The van der Waals surface area contributed by atoms with E-state index in [1.807, 2.05) is 30.3 Å². The quantitative estimate of drug-likeness (QED) is 0.254. The molecule has 1 heterocycles. The Balaban J connectivity index is 1.99. The predicted octanol–water partition coefficient (Wildman–Crippen LogP) is 3.31. The number of nitrogens with one attached hydrogen (secondary N) is 1. The summed E-state index contributed by atoms with van der Waals surface area (Å²) in [6.07, 6.45) is 6.45. The molecule has 3 atom stereocenters. The Morgan fingerprint density at radius 2 is 1.97 bits per heavy atom. The summed E-state index contributed by atoms with van der Waals surface area (Å²) in [5, 5.41) is 12.3. The predicted molar refractivity (Wildman–Crippen MR) is 127 cm³/mol. The average molecular weight is 457 g/mol. The van der Waals surface area contributed by atoms with E-state index in [1.165, 1.54) is 0 Å². The first-order valence-corrected chi connectivity index (χ1v) is 11.6. The molecule has 0 bridgehead atoms. The van der Waals surface area contributed by atoms with Gasteiger partial charge in [0, 0.05) is 19.4 Å². The maximum absolute atomic E-state index is 12.9. The average Bonchev–Trinajstić information content (AvgIpc) is 3.31. The molecule has 2 rings (SSSR count). The summed E-state index contributed by atoms with van der Waals surface area (Å²) in [6.45, 7) is 8.02. The molecule has 180 valence electrons. The highest BCUT2D eigenvalue weighted by atomic mass is 16.5. The van der Waals surface area contributed by atoms with E-state index in [2.05, 4.69) is 18.5 Å². The minimum Gasteiger partial charge on any atom is -0.456 e. The van der Waals surface area contributed by atoms with E-state index in [1.54, 1.807) is 17.1 Å². The monoisotopic (exact) mass is 456 g/mol. The summed E-state index contributed by atoms with van der Waals surface area (Å²) in [5.41, 5.74) is 0.786. The van der Waals surface area contributed by atoms with Crippen LogP contribution >= 0.6 is 0 Å². The summed E-state index contributed by atoms with van der Waals surface area (Å²) in [6, 6.07) is 9.09. The number of hydrogen-bond acceptors (Lipinski definition) is 5. The van der Waals surface area contributed by atoms with Gasteiger partial charge in [-0.1, -0.05) is 42.5 Å². The number of rotatable bonds is 14. The van der Waals surface area contributed by atoms with E-state index in [0.29, 0.717) is 19.4 Å². The van der Waals surface area contributed by atoms with E-state index < -0.39 is 12.0 Å². The van der Waals surface area contributed by atoms with E-state index in [0.717, 1.165) is 24.8 Å². The second-order valence-corrected chi connectivity index (χ2v) is 8.31. The van der Waals surface area contributed by atoms with Crippen LogP contribution in [-0.2, 0) is 19.1 Å². The van der Waals surface area contributed by atoms with Crippen molar-refractivity contribution >= 4 is 17.8 Å². The highest BCUT2D eigenvalue weighted by molar-refractivity contribution is 5.86.